The third-order valence-corrected chi connectivity index (χ3v) is 6.34. The summed E-state index contributed by atoms with van der Waals surface area (Å²) >= 11 is 0. The van der Waals surface area contributed by atoms with Crippen molar-refractivity contribution in [3.63, 3.8) is 0 Å². The minimum atomic E-state index is -1.58. The lowest BCUT2D eigenvalue weighted by Gasteiger charge is -2.27. The summed E-state index contributed by atoms with van der Waals surface area (Å²) in [6, 6.07) is 8.03. The maximum absolute atomic E-state index is 11.9. The minimum Gasteiger partial charge on any atom is -0.357 e. The highest BCUT2D eigenvalue weighted by Gasteiger charge is 2.22. The maximum atomic E-state index is 11.9. The van der Waals surface area contributed by atoms with E-state index in [1.807, 2.05) is 18.3 Å². The van der Waals surface area contributed by atoms with Gasteiger partial charge in [0.25, 0.3) is 5.91 Å². The highest BCUT2D eigenvalue weighted by atomic mass is 32.2. The number of amides is 1. The van der Waals surface area contributed by atoms with Crippen LogP contribution in [0.3, 0.4) is 0 Å². The van der Waals surface area contributed by atoms with Gasteiger partial charge in [-0.05, 0) is 37.5 Å². The van der Waals surface area contributed by atoms with E-state index in [0.717, 1.165) is 41.3 Å². The number of hydrogen-bond acceptors (Lipinski definition) is 6. The summed E-state index contributed by atoms with van der Waals surface area (Å²) in [6.07, 6.45) is 12.1. The van der Waals surface area contributed by atoms with Crippen molar-refractivity contribution in [2.24, 2.45) is 0 Å². The predicted octanol–water partition coefficient (Wildman–Crippen LogP) is 2.59. The van der Waals surface area contributed by atoms with Gasteiger partial charge in [-0.15, -0.1) is 0 Å². The molecule has 1 amide bonds. The molecule has 1 unspecified atom stereocenters. The second kappa shape index (κ2) is 7.83. The molecule has 0 aromatic carbocycles. The molecule has 5 rings (SSSR count). The van der Waals surface area contributed by atoms with Gasteiger partial charge in [-0.2, -0.15) is 5.10 Å². The zero-order valence-electron chi connectivity index (χ0n) is 16.2. The van der Waals surface area contributed by atoms with E-state index >= 15 is 0 Å². The molecule has 2 aliphatic rings. The molecule has 2 aliphatic heterocycles. The van der Waals surface area contributed by atoms with Crippen molar-refractivity contribution in [3.8, 4) is 22.4 Å². The van der Waals surface area contributed by atoms with Gasteiger partial charge in [-0.25, -0.2) is 13.9 Å². The number of nitrogens with zero attached hydrogens (tertiary/aromatic N) is 5. The molecule has 9 heteroatoms. The van der Waals surface area contributed by atoms with Crippen LogP contribution < -0.4 is 9.62 Å². The molecule has 152 valence electrons. The molecular weight excluding hydrogens is 400 g/mol. The van der Waals surface area contributed by atoms with Crippen LogP contribution >= 0.6 is 0 Å². The van der Waals surface area contributed by atoms with E-state index in [-0.39, 0.29) is 5.91 Å². The molecule has 8 nitrogen and oxygen atoms in total. The molecule has 3 aromatic heterocycles. The smallest absolute Gasteiger partial charge is 0.258 e. The van der Waals surface area contributed by atoms with Crippen LogP contribution in [0.5, 0.6) is 0 Å². The van der Waals surface area contributed by atoms with Crippen LogP contribution in [0.1, 0.15) is 19.3 Å². The first kappa shape index (κ1) is 18.7. The van der Waals surface area contributed by atoms with E-state index < -0.39 is 11.0 Å². The summed E-state index contributed by atoms with van der Waals surface area (Å²) in [5.41, 5.74) is 3.52. The molecular formula is C21H20N6O2S. The highest BCUT2D eigenvalue weighted by Crippen LogP contribution is 2.25. The Bertz CT molecular complexity index is 1130. The molecule has 1 atom stereocenters. The number of rotatable bonds is 4. The molecule has 0 bridgehead atoms. The van der Waals surface area contributed by atoms with Crippen LogP contribution in [-0.4, -0.2) is 43.0 Å². The maximum Gasteiger partial charge on any atom is 0.258 e. The Labute approximate surface area is 176 Å². The summed E-state index contributed by atoms with van der Waals surface area (Å²) in [6.45, 7) is 2.14. The second-order valence-corrected chi connectivity index (χ2v) is 8.44. The van der Waals surface area contributed by atoms with Gasteiger partial charge in [0.05, 0.1) is 11.9 Å². The van der Waals surface area contributed by atoms with E-state index in [1.54, 1.807) is 18.6 Å². The fraction of sp³-hybridized carbons (Fsp3) is 0.238. The van der Waals surface area contributed by atoms with E-state index in [9.17, 15) is 9.00 Å². The van der Waals surface area contributed by atoms with Crippen LogP contribution in [0.15, 0.2) is 55.1 Å². The van der Waals surface area contributed by atoms with Crippen LogP contribution in [0, 0.1) is 0 Å². The Morgan fingerprint density at radius 1 is 0.900 bits per heavy atom. The number of pyridine rings is 2. The second-order valence-electron chi connectivity index (χ2n) is 7.28. The monoisotopic (exact) mass is 420 g/mol. The largest absolute Gasteiger partial charge is 0.357 e. The number of aromatic nitrogens is 4. The van der Waals surface area contributed by atoms with Gasteiger partial charge < -0.3 is 4.90 Å². The lowest BCUT2D eigenvalue weighted by Crippen LogP contribution is -2.29. The van der Waals surface area contributed by atoms with Crippen molar-refractivity contribution in [2.75, 3.05) is 18.0 Å². The first-order chi connectivity index (χ1) is 14.7. The molecule has 5 heterocycles. The van der Waals surface area contributed by atoms with Crippen molar-refractivity contribution in [1.82, 2.24) is 24.5 Å². The number of carbonyl (C=O) groups is 1. The van der Waals surface area contributed by atoms with Crippen molar-refractivity contribution >= 4 is 27.7 Å². The average molecular weight is 420 g/mol. The summed E-state index contributed by atoms with van der Waals surface area (Å²) < 4.78 is 15.7. The molecule has 0 radical (unpaired) electrons. The van der Waals surface area contributed by atoms with Gasteiger partial charge in [-0.3, -0.25) is 14.5 Å². The summed E-state index contributed by atoms with van der Waals surface area (Å²) in [5, 5.41) is 4.53. The third-order valence-electron chi connectivity index (χ3n) is 5.27. The van der Waals surface area contributed by atoms with Crippen LogP contribution in [-0.2, 0) is 15.8 Å². The number of hydrogen-bond donors (Lipinski definition) is 1. The van der Waals surface area contributed by atoms with Gasteiger partial charge in [0.1, 0.15) is 5.82 Å². The Morgan fingerprint density at radius 3 is 2.37 bits per heavy atom. The fourth-order valence-corrected chi connectivity index (χ4v) is 4.50. The Morgan fingerprint density at radius 2 is 1.70 bits per heavy atom. The summed E-state index contributed by atoms with van der Waals surface area (Å²) in [7, 11) is -1.58. The number of nitrogens with one attached hydrogen (secondary N) is 1. The topological polar surface area (TPSA) is 93.0 Å². The lowest BCUT2D eigenvalue weighted by molar-refractivity contribution is -0.114. The molecule has 3 aromatic rings. The fourth-order valence-electron chi connectivity index (χ4n) is 3.67. The van der Waals surface area contributed by atoms with Crippen molar-refractivity contribution in [1.29, 1.82) is 0 Å². The Hall–Kier alpha value is -3.33. The molecule has 0 aliphatic carbocycles. The zero-order chi connectivity index (χ0) is 20.5. The van der Waals surface area contributed by atoms with Crippen molar-refractivity contribution in [3.05, 3.63) is 55.1 Å². The SMILES string of the molecule is O=C1C=C(n2cc(-c3ccc(-c4ccc(N5CCCCC5)nc4)nc3)cn2)S(=O)N1. The zero-order valence-corrected chi connectivity index (χ0v) is 17.0. The molecule has 1 fully saturated rings. The lowest BCUT2D eigenvalue weighted by atomic mass is 10.1. The normalized spacial score (nSPS) is 18.9. The van der Waals surface area contributed by atoms with Gasteiger partial charge in [0.15, 0.2) is 16.0 Å². The molecule has 0 saturated carbocycles. The van der Waals surface area contributed by atoms with Crippen LogP contribution in [0.2, 0.25) is 0 Å². The van der Waals surface area contributed by atoms with Crippen molar-refractivity contribution < 1.29 is 9.00 Å². The number of anilines is 1. The first-order valence-electron chi connectivity index (χ1n) is 9.84. The molecule has 1 saturated heterocycles. The Kier molecular flexibility index (Phi) is 4.88. The van der Waals surface area contributed by atoms with Gasteiger partial charge in [-0.1, -0.05) is 6.07 Å². The van der Waals surface area contributed by atoms with E-state index in [4.69, 9.17) is 0 Å². The van der Waals surface area contributed by atoms with E-state index in [2.05, 4.69) is 36.8 Å². The third kappa shape index (κ3) is 3.63. The quantitative estimate of drug-likeness (QED) is 0.697. The minimum absolute atomic E-state index is 0.315. The Balaban J connectivity index is 1.33. The summed E-state index contributed by atoms with van der Waals surface area (Å²) in [4.78, 5) is 22.9. The first-order valence-corrected chi connectivity index (χ1v) is 11.0. The van der Waals surface area contributed by atoms with E-state index in [0.29, 0.717) is 5.03 Å². The van der Waals surface area contributed by atoms with Crippen molar-refractivity contribution in [2.45, 2.75) is 19.3 Å². The standard InChI is InChI=1S/C21H20N6O2S/c28-20-10-21(30(29)25-20)27-14-17(13-24-27)15-4-6-18(22-11-15)16-5-7-19(23-12-16)26-8-2-1-3-9-26/h4-7,10-14H,1-3,8-9H2,(H,25,28). The van der Waals surface area contributed by atoms with E-state index in [1.165, 1.54) is 30.0 Å². The van der Waals surface area contributed by atoms with Crippen LogP contribution in [0.4, 0.5) is 5.82 Å². The molecule has 1 N–H and O–H groups in total. The highest BCUT2D eigenvalue weighted by molar-refractivity contribution is 7.93. The molecule has 0 spiro atoms. The average Bonchev–Trinajstić information content (AvgIpc) is 3.41. The number of carbonyl (C=O) groups excluding carboxylic acids is 1. The van der Waals surface area contributed by atoms with Gasteiger partial charge >= 0.3 is 0 Å². The van der Waals surface area contributed by atoms with Gasteiger partial charge in [0, 0.05) is 54.4 Å². The van der Waals surface area contributed by atoms with Gasteiger partial charge in [0.2, 0.25) is 0 Å². The summed E-state index contributed by atoms with van der Waals surface area (Å²) in [5.74, 6) is 0.639. The van der Waals surface area contributed by atoms with Crippen LogP contribution in [0.25, 0.3) is 27.4 Å². The predicted molar refractivity (Wildman–Crippen MR) is 115 cm³/mol. The molecule has 30 heavy (non-hydrogen) atoms. The number of piperidine rings is 1.